The first kappa shape index (κ1) is 13.2. The molecular formula is C14H18ClNO2. The van der Waals surface area contributed by atoms with E-state index in [-0.39, 0.29) is 5.56 Å². The molecule has 1 aromatic carbocycles. The highest BCUT2D eigenvalue weighted by atomic mass is 35.5. The Hall–Kier alpha value is -1.22. The summed E-state index contributed by atoms with van der Waals surface area (Å²) >= 11 is 6.08. The van der Waals surface area contributed by atoms with Crippen molar-refractivity contribution in [2.75, 3.05) is 11.9 Å². The van der Waals surface area contributed by atoms with Gasteiger partial charge < -0.3 is 10.4 Å². The van der Waals surface area contributed by atoms with Crippen LogP contribution in [0, 0.1) is 11.3 Å². The molecule has 18 heavy (non-hydrogen) atoms. The summed E-state index contributed by atoms with van der Waals surface area (Å²) in [6.07, 6.45) is 2.50. The normalized spacial score (nSPS) is 16.7. The highest BCUT2D eigenvalue weighted by Gasteiger charge is 2.44. The lowest BCUT2D eigenvalue weighted by Gasteiger charge is -2.21. The van der Waals surface area contributed by atoms with Gasteiger partial charge in [-0.05, 0) is 42.4 Å². The molecule has 98 valence electrons. The summed E-state index contributed by atoms with van der Waals surface area (Å²) in [4.78, 5) is 10.8. The van der Waals surface area contributed by atoms with Gasteiger partial charge in [-0.2, -0.15) is 0 Å². The average molecular weight is 268 g/mol. The van der Waals surface area contributed by atoms with Crippen LogP contribution in [-0.4, -0.2) is 17.6 Å². The lowest BCUT2D eigenvalue weighted by Crippen LogP contribution is -2.21. The average Bonchev–Trinajstić information content (AvgIpc) is 3.08. The van der Waals surface area contributed by atoms with Gasteiger partial charge in [0.05, 0.1) is 16.3 Å². The fraction of sp³-hybridized carbons (Fsp3) is 0.500. The Kier molecular flexibility index (Phi) is 3.53. The number of aromatic carboxylic acids is 1. The molecule has 3 nitrogen and oxygen atoms in total. The smallest absolute Gasteiger partial charge is 0.335 e. The summed E-state index contributed by atoms with van der Waals surface area (Å²) in [5.41, 5.74) is 1.43. The zero-order valence-electron chi connectivity index (χ0n) is 10.7. The van der Waals surface area contributed by atoms with Crippen molar-refractivity contribution in [3.05, 3.63) is 28.8 Å². The van der Waals surface area contributed by atoms with Crippen molar-refractivity contribution >= 4 is 23.3 Å². The van der Waals surface area contributed by atoms with Gasteiger partial charge in [0.15, 0.2) is 0 Å². The first-order valence-electron chi connectivity index (χ1n) is 6.21. The molecule has 1 saturated carbocycles. The molecule has 0 bridgehead atoms. The van der Waals surface area contributed by atoms with E-state index in [9.17, 15) is 4.79 Å². The second kappa shape index (κ2) is 4.81. The topological polar surface area (TPSA) is 49.3 Å². The summed E-state index contributed by atoms with van der Waals surface area (Å²) in [6.45, 7) is 5.38. The van der Waals surface area contributed by atoms with Crippen LogP contribution in [0.4, 0.5) is 5.69 Å². The molecule has 0 aliphatic heterocycles. The fourth-order valence-corrected chi connectivity index (χ4v) is 2.43. The van der Waals surface area contributed by atoms with Crippen LogP contribution in [0.25, 0.3) is 0 Å². The van der Waals surface area contributed by atoms with Crippen LogP contribution in [-0.2, 0) is 0 Å². The van der Waals surface area contributed by atoms with Gasteiger partial charge in [0.2, 0.25) is 0 Å². The highest BCUT2D eigenvalue weighted by molar-refractivity contribution is 6.33. The lowest BCUT2D eigenvalue weighted by molar-refractivity contribution is 0.0697. The monoisotopic (exact) mass is 267 g/mol. The van der Waals surface area contributed by atoms with E-state index < -0.39 is 5.97 Å². The van der Waals surface area contributed by atoms with Crippen LogP contribution in [0.1, 0.15) is 37.0 Å². The molecule has 0 amide bonds. The van der Waals surface area contributed by atoms with Crippen molar-refractivity contribution in [2.45, 2.75) is 26.7 Å². The summed E-state index contributed by atoms with van der Waals surface area (Å²) < 4.78 is 0. The van der Waals surface area contributed by atoms with E-state index >= 15 is 0 Å². The largest absolute Gasteiger partial charge is 0.478 e. The van der Waals surface area contributed by atoms with Crippen LogP contribution in [0.5, 0.6) is 0 Å². The Morgan fingerprint density at radius 1 is 1.50 bits per heavy atom. The molecule has 4 heteroatoms. The van der Waals surface area contributed by atoms with Gasteiger partial charge in [-0.3, -0.25) is 0 Å². The van der Waals surface area contributed by atoms with Crippen molar-refractivity contribution in [1.29, 1.82) is 0 Å². The Morgan fingerprint density at radius 3 is 2.61 bits per heavy atom. The van der Waals surface area contributed by atoms with Crippen LogP contribution >= 0.6 is 11.6 Å². The summed E-state index contributed by atoms with van der Waals surface area (Å²) in [5, 5.41) is 12.7. The minimum Gasteiger partial charge on any atom is -0.478 e. The molecule has 2 rings (SSSR count). The van der Waals surface area contributed by atoms with Gasteiger partial charge in [0.1, 0.15) is 0 Å². The molecule has 0 radical (unpaired) electrons. The van der Waals surface area contributed by atoms with Gasteiger partial charge >= 0.3 is 5.97 Å². The predicted molar refractivity (Wildman–Crippen MR) is 73.4 cm³/mol. The number of halogens is 1. The Balaban J connectivity index is 2.04. The number of rotatable bonds is 5. The quantitative estimate of drug-likeness (QED) is 0.851. The highest BCUT2D eigenvalue weighted by Crippen LogP contribution is 2.51. The molecule has 0 aromatic heterocycles. The van der Waals surface area contributed by atoms with Crippen molar-refractivity contribution in [3.8, 4) is 0 Å². The third-order valence-corrected chi connectivity index (χ3v) is 4.28. The van der Waals surface area contributed by atoms with Crippen LogP contribution in [0.15, 0.2) is 18.2 Å². The SMILES string of the molecule is CC(C)C1(CNc2ccc(C(=O)O)cc2Cl)CC1. The second-order valence-corrected chi connectivity index (χ2v) is 5.78. The van der Waals surface area contributed by atoms with E-state index in [1.54, 1.807) is 12.1 Å². The number of carboxylic acids is 1. The number of benzene rings is 1. The van der Waals surface area contributed by atoms with E-state index in [1.807, 2.05) is 0 Å². The number of carbonyl (C=O) groups is 1. The Bertz CT molecular complexity index is 467. The minimum atomic E-state index is -0.954. The summed E-state index contributed by atoms with van der Waals surface area (Å²) in [5.74, 6) is -0.300. The van der Waals surface area contributed by atoms with Crippen molar-refractivity contribution < 1.29 is 9.90 Å². The number of anilines is 1. The van der Waals surface area contributed by atoms with Crippen LogP contribution in [0.2, 0.25) is 5.02 Å². The second-order valence-electron chi connectivity index (χ2n) is 5.37. The molecular weight excluding hydrogens is 250 g/mol. The van der Waals surface area contributed by atoms with E-state index in [1.165, 1.54) is 18.9 Å². The maximum absolute atomic E-state index is 10.8. The number of hydrogen-bond acceptors (Lipinski definition) is 2. The van der Waals surface area contributed by atoms with Gasteiger partial charge in [0.25, 0.3) is 0 Å². The van der Waals surface area contributed by atoms with E-state index in [0.29, 0.717) is 16.4 Å². The number of nitrogens with one attached hydrogen (secondary N) is 1. The maximum Gasteiger partial charge on any atom is 0.335 e. The first-order chi connectivity index (χ1) is 8.44. The zero-order chi connectivity index (χ0) is 13.3. The summed E-state index contributed by atoms with van der Waals surface area (Å²) in [6, 6.07) is 4.80. The fourth-order valence-electron chi connectivity index (χ4n) is 2.18. The molecule has 1 aliphatic rings. The molecule has 0 spiro atoms. The molecule has 0 heterocycles. The lowest BCUT2D eigenvalue weighted by atomic mass is 9.92. The van der Waals surface area contributed by atoms with E-state index in [4.69, 9.17) is 16.7 Å². The maximum atomic E-state index is 10.8. The first-order valence-corrected chi connectivity index (χ1v) is 6.59. The van der Waals surface area contributed by atoms with Crippen LogP contribution in [0.3, 0.4) is 0 Å². The number of carboxylic acid groups (broad SMARTS) is 1. The van der Waals surface area contributed by atoms with Gasteiger partial charge in [0, 0.05) is 6.54 Å². The minimum absolute atomic E-state index is 0.218. The predicted octanol–water partition coefficient (Wildman–Crippen LogP) is 3.89. The molecule has 1 aliphatic carbocycles. The number of hydrogen-bond donors (Lipinski definition) is 2. The molecule has 0 unspecified atom stereocenters. The molecule has 2 N–H and O–H groups in total. The Labute approximate surface area is 112 Å². The molecule has 0 atom stereocenters. The summed E-state index contributed by atoms with van der Waals surface area (Å²) in [7, 11) is 0. The van der Waals surface area contributed by atoms with Crippen molar-refractivity contribution in [3.63, 3.8) is 0 Å². The van der Waals surface area contributed by atoms with Crippen LogP contribution < -0.4 is 5.32 Å². The molecule has 0 saturated heterocycles. The zero-order valence-corrected chi connectivity index (χ0v) is 11.4. The van der Waals surface area contributed by atoms with Gasteiger partial charge in [-0.1, -0.05) is 25.4 Å². The van der Waals surface area contributed by atoms with E-state index in [0.717, 1.165) is 12.2 Å². The van der Waals surface area contributed by atoms with Crippen molar-refractivity contribution in [1.82, 2.24) is 0 Å². The van der Waals surface area contributed by atoms with Crippen molar-refractivity contribution in [2.24, 2.45) is 11.3 Å². The van der Waals surface area contributed by atoms with E-state index in [2.05, 4.69) is 19.2 Å². The third-order valence-electron chi connectivity index (χ3n) is 3.96. The standard InChI is InChI=1S/C14H18ClNO2/c1-9(2)14(5-6-14)8-16-12-4-3-10(13(17)18)7-11(12)15/h3-4,7,9,16H,5-6,8H2,1-2H3,(H,17,18). The third kappa shape index (κ3) is 2.61. The molecule has 1 fully saturated rings. The molecule has 1 aromatic rings. The van der Waals surface area contributed by atoms with Gasteiger partial charge in [-0.25, -0.2) is 4.79 Å². The van der Waals surface area contributed by atoms with Gasteiger partial charge in [-0.15, -0.1) is 0 Å². The Morgan fingerprint density at radius 2 is 2.17 bits per heavy atom.